The molecule has 0 radical (unpaired) electrons. The normalized spacial score (nSPS) is 10.4. The minimum Gasteiger partial charge on any atom is -0.364 e. The second-order valence-corrected chi connectivity index (χ2v) is 6.82. The SMILES string of the molecule is CN(C(=O)c1nc[nH]c1C(N)=O)c1ccc(NC(=O)c2ccc(Cl)cc2Cl)cc1. The van der Waals surface area contributed by atoms with Crippen molar-refractivity contribution in [3.63, 3.8) is 0 Å². The number of imidazole rings is 1. The highest BCUT2D eigenvalue weighted by molar-refractivity contribution is 6.37. The molecule has 0 fully saturated rings. The first-order valence-electron chi connectivity index (χ1n) is 8.25. The first-order valence-corrected chi connectivity index (χ1v) is 9.01. The van der Waals surface area contributed by atoms with Gasteiger partial charge in [-0.1, -0.05) is 23.2 Å². The maximum absolute atomic E-state index is 12.6. The molecule has 1 heterocycles. The standard InChI is InChI=1S/C19H15Cl2N5O3/c1-26(19(29)16-15(17(22)27)23-9-24-16)12-5-3-11(4-6-12)25-18(28)13-7-2-10(20)8-14(13)21/h2-9H,1H3,(H2,22,27)(H,23,24)(H,25,28). The van der Waals surface area contributed by atoms with Gasteiger partial charge in [-0.05, 0) is 42.5 Å². The summed E-state index contributed by atoms with van der Waals surface area (Å²) in [5.74, 6) is -1.69. The molecule has 29 heavy (non-hydrogen) atoms. The molecule has 0 saturated carbocycles. The minimum absolute atomic E-state index is 0.0643. The maximum Gasteiger partial charge on any atom is 0.279 e. The quantitative estimate of drug-likeness (QED) is 0.573. The van der Waals surface area contributed by atoms with E-state index in [0.29, 0.717) is 16.4 Å². The number of benzene rings is 2. The summed E-state index contributed by atoms with van der Waals surface area (Å²) in [7, 11) is 1.53. The van der Waals surface area contributed by atoms with Gasteiger partial charge in [-0.3, -0.25) is 14.4 Å². The fourth-order valence-corrected chi connectivity index (χ4v) is 3.06. The molecule has 148 valence electrons. The number of aromatic nitrogens is 2. The third kappa shape index (κ3) is 4.39. The van der Waals surface area contributed by atoms with Crippen LogP contribution in [-0.2, 0) is 0 Å². The van der Waals surface area contributed by atoms with Crippen LogP contribution < -0.4 is 16.0 Å². The van der Waals surface area contributed by atoms with Crippen molar-refractivity contribution in [2.24, 2.45) is 5.73 Å². The number of primary amides is 1. The number of amides is 3. The van der Waals surface area contributed by atoms with Crippen molar-refractivity contribution in [2.45, 2.75) is 0 Å². The molecule has 0 atom stereocenters. The summed E-state index contributed by atoms with van der Waals surface area (Å²) in [6.45, 7) is 0. The van der Waals surface area contributed by atoms with E-state index in [4.69, 9.17) is 28.9 Å². The van der Waals surface area contributed by atoms with Gasteiger partial charge in [0.1, 0.15) is 5.69 Å². The number of nitrogens with two attached hydrogens (primary N) is 1. The van der Waals surface area contributed by atoms with Crippen LogP contribution in [0.2, 0.25) is 10.0 Å². The van der Waals surface area contributed by atoms with E-state index >= 15 is 0 Å². The van der Waals surface area contributed by atoms with E-state index in [1.165, 1.54) is 30.4 Å². The van der Waals surface area contributed by atoms with Crippen LogP contribution in [0.3, 0.4) is 0 Å². The average Bonchev–Trinajstić information content (AvgIpc) is 3.17. The van der Waals surface area contributed by atoms with Crippen LogP contribution in [0.5, 0.6) is 0 Å². The number of rotatable bonds is 5. The van der Waals surface area contributed by atoms with Crippen molar-refractivity contribution in [1.29, 1.82) is 0 Å². The molecule has 0 unspecified atom stereocenters. The fourth-order valence-electron chi connectivity index (χ4n) is 2.56. The average molecular weight is 432 g/mol. The number of nitrogens with one attached hydrogen (secondary N) is 2. The fraction of sp³-hybridized carbons (Fsp3) is 0.0526. The predicted molar refractivity (Wildman–Crippen MR) is 111 cm³/mol. The smallest absolute Gasteiger partial charge is 0.279 e. The number of hydrogen-bond donors (Lipinski definition) is 3. The highest BCUT2D eigenvalue weighted by Gasteiger charge is 2.22. The lowest BCUT2D eigenvalue weighted by molar-refractivity contribution is 0.0958. The van der Waals surface area contributed by atoms with Crippen molar-refractivity contribution in [2.75, 3.05) is 17.3 Å². The molecular weight excluding hydrogens is 417 g/mol. The van der Waals surface area contributed by atoms with Gasteiger partial charge < -0.3 is 20.9 Å². The van der Waals surface area contributed by atoms with E-state index in [2.05, 4.69) is 15.3 Å². The van der Waals surface area contributed by atoms with Crippen molar-refractivity contribution in [3.8, 4) is 0 Å². The lowest BCUT2D eigenvalue weighted by Gasteiger charge is -2.17. The topological polar surface area (TPSA) is 121 Å². The molecule has 3 amide bonds. The molecule has 0 aliphatic rings. The van der Waals surface area contributed by atoms with Crippen LogP contribution in [0.15, 0.2) is 48.8 Å². The molecule has 3 rings (SSSR count). The summed E-state index contributed by atoms with van der Waals surface area (Å²) in [4.78, 5) is 44.1. The van der Waals surface area contributed by atoms with Gasteiger partial charge in [0.15, 0.2) is 5.69 Å². The molecule has 0 spiro atoms. The molecule has 0 aliphatic carbocycles. The Morgan fingerprint density at radius 2 is 1.79 bits per heavy atom. The Hall–Kier alpha value is -3.36. The van der Waals surface area contributed by atoms with Crippen molar-refractivity contribution in [1.82, 2.24) is 9.97 Å². The Labute approximate surface area is 175 Å². The predicted octanol–water partition coefficient (Wildman–Crippen LogP) is 3.34. The first-order chi connectivity index (χ1) is 13.8. The molecule has 3 aromatic rings. The number of H-pyrrole nitrogens is 1. The number of anilines is 2. The van der Waals surface area contributed by atoms with Gasteiger partial charge in [0.05, 0.1) is 16.9 Å². The van der Waals surface area contributed by atoms with E-state index in [-0.39, 0.29) is 22.0 Å². The van der Waals surface area contributed by atoms with E-state index < -0.39 is 17.7 Å². The zero-order valence-electron chi connectivity index (χ0n) is 15.1. The van der Waals surface area contributed by atoms with E-state index in [0.717, 1.165) is 0 Å². The molecule has 4 N–H and O–H groups in total. The van der Waals surface area contributed by atoms with Crippen LogP contribution in [0, 0.1) is 0 Å². The lowest BCUT2D eigenvalue weighted by atomic mass is 10.2. The summed E-state index contributed by atoms with van der Waals surface area (Å²) >= 11 is 11.9. The number of carbonyl (C=O) groups excluding carboxylic acids is 3. The first kappa shape index (κ1) is 20.4. The van der Waals surface area contributed by atoms with Gasteiger partial charge in [0.25, 0.3) is 17.7 Å². The highest BCUT2D eigenvalue weighted by atomic mass is 35.5. The zero-order valence-corrected chi connectivity index (χ0v) is 16.6. The van der Waals surface area contributed by atoms with Crippen LogP contribution in [0.4, 0.5) is 11.4 Å². The Bertz CT molecular complexity index is 1100. The van der Waals surface area contributed by atoms with Crippen LogP contribution in [0.25, 0.3) is 0 Å². The third-order valence-electron chi connectivity index (χ3n) is 4.08. The third-order valence-corrected chi connectivity index (χ3v) is 4.63. The highest BCUT2D eigenvalue weighted by Crippen LogP contribution is 2.23. The molecule has 10 heteroatoms. The van der Waals surface area contributed by atoms with Crippen LogP contribution >= 0.6 is 23.2 Å². The van der Waals surface area contributed by atoms with Crippen molar-refractivity contribution < 1.29 is 14.4 Å². The van der Waals surface area contributed by atoms with Gasteiger partial charge in [-0.2, -0.15) is 0 Å². The van der Waals surface area contributed by atoms with Crippen molar-refractivity contribution in [3.05, 3.63) is 75.8 Å². The van der Waals surface area contributed by atoms with Crippen LogP contribution in [0.1, 0.15) is 31.3 Å². The lowest BCUT2D eigenvalue weighted by Crippen LogP contribution is -2.29. The van der Waals surface area contributed by atoms with Gasteiger partial charge in [0.2, 0.25) is 0 Å². The molecule has 8 nitrogen and oxygen atoms in total. The van der Waals surface area contributed by atoms with Gasteiger partial charge in [0, 0.05) is 23.4 Å². The van der Waals surface area contributed by atoms with Gasteiger partial charge >= 0.3 is 0 Å². The second kappa shape index (κ2) is 8.34. The second-order valence-electron chi connectivity index (χ2n) is 5.98. The summed E-state index contributed by atoms with van der Waals surface area (Å²) < 4.78 is 0. The largest absolute Gasteiger partial charge is 0.364 e. The van der Waals surface area contributed by atoms with E-state index in [1.54, 1.807) is 30.3 Å². The van der Waals surface area contributed by atoms with E-state index in [9.17, 15) is 14.4 Å². The molecule has 0 saturated heterocycles. The summed E-state index contributed by atoms with van der Waals surface area (Å²) in [5, 5.41) is 3.38. The number of aromatic amines is 1. The Morgan fingerprint density at radius 3 is 2.41 bits per heavy atom. The van der Waals surface area contributed by atoms with E-state index in [1.807, 2.05) is 0 Å². The zero-order chi connectivity index (χ0) is 21.1. The number of halogens is 2. The van der Waals surface area contributed by atoms with Gasteiger partial charge in [-0.15, -0.1) is 0 Å². The Morgan fingerprint density at radius 1 is 1.10 bits per heavy atom. The Kier molecular flexibility index (Phi) is 5.86. The number of hydrogen-bond acceptors (Lipinski definition) is 4. The maximum atomic E-state index is 12.6. The summed E-state index contributed by atoms with van der Waals surface area (Å²) in [6.07, 6.45) is 1.22. The monoisotopic (exact) mass is 431 g/mol. The minimum atomic E-state index is -0.779. The molecule has 0 aliphatic heterocycles. The number of nitrogens with zero attached hydrogens (tertiary/aromatic N) is 2. The van der Waals surface area contributed by atoms with Gasteiger partial charge in [-0.25, -0.2) is 4.98 Å². The molecule has 1 aromatic heterocycles. The van der Waals surface area contributed by atoms with Crippen LogP contribution in [-0.4, -0.2) is 34.7 Å². The molecule has 0 bridgehead atoms. The summed E-state index contributed by atoms with van der Waals surface area (Å²) in [5.41, 5.74) is 6.40. The summed E-state index contributed by atoms with van der Waals surface area (Å²) in [6, 6.07) is 11.1. The van der Waals surface area contributed by atoms with Crippen molar-refractivity contribution >= 4 is 52.3 Å². The Balaban J connectivity index is 1.74. The number of carbonyl (C=O) groups is 3. The molecular formula is C19H15Cl2N5O3. The molecule has 2 aromatic carbocycles.